The zero-order chi connectivity index (χ0) is 33.5. The summed E-state index contributed by atoms with van der Waals surface area (Å²) in [6.45, 7) is 8.94. The lowest BCUT2D eigenvalue weighted by molar-refractivity contribution is -0.00773. The number of hydrogen-bond donors (Lipinski definition) is 6. The maximum Gasteiger partial charge on any atom is 0.408 e. The number of aliphatic hydroxyl groups is 3. The molecule has 2 aromatic rings. The summed E-state index contributed by atoms with van der Waals surface area (Å²) in [7, 11) is 1.59. The maximum absolute atomic E-state index is 12.7. The lowest BCUT2D eigenvalue weighted by Crippen LogP contribution is -2.53. The van der Waals surface area contributed by atoms with Crippen molar-refractivity contribution in [1.29, 1.82) is 0 Å². The SMILES string of the molecule is COCCOc1ccc(C[C@H](NC(=O)OC(C)(C)CO)[C@@H](O)CNCC(O)[C@@H](Cc2ccccc2)NC(=O)OC(C)(C)C)cc1. The molecular weight excluding hydrogens is 582 g/mol. The Labute approximate surface area is 266 Å². The normalized spacial score (nSPS) is 14.5. The first-order valence-electron chi connectivity index (χ1n) is 15.1. The topological polar surface area (TPSA) is 168 Å². The molecule has 0 saturated carbocycles. The summed E-state index contributed by atoms with van der Waals surface area (Å²) in [5, 5.41) is 40.2. The molecule has 4 atom stereocenters. The Balaban J connectivity index is 2.08. The second kappa shape index (κ2) is 18.5. The van der Waals surface area contributed by atoms with E-state index < -0.39 is 47.7 Å². The van der Waals surface area contributed by atoms with E-state index >= 15 is 0 Å². The van der Waals surface area contributed by atoms with Gasteiger partial charge in [0.1, 0.15) is 23.6 Å². The van der Waals surface area contributed by atoms with Gasteiger partial charge in [-0.2, -0.15) is 0 Å². The molecule has 252 valence electrons. The van der Waals surface area contributed by atoms with Crippen LogP contribution >= 0.6 is 0 Å². The number of benzene rings is 2. The summed E-state index contributed by atoms with van der Waals surface area (Å²) in [4.78, 5) is 25.2. The average molecular weight is 634 g/mol. The first kappa shape index (κ1) is 37.8. The summed E-state index contributed by atoms with van der Waals surface area (Å²) in [6.07, 6.45) is -2.94. The molecule has 0 heterocycles. The largest absolute Gasteiger partial charge is 0.491 e. The van der Waals surface area contributed by atoms with Crippen LogP contribution in [0.4, 0.5) is 9.59 Å². The number of nitrogens with one attached hydrogen (secondary N) is 3. The summed E-state index contributed by atoms with van der Waals surface area (Å²) in [5.41, 5.74) is -0.0784. The van der Waals surface area contributed by atoms with Crippen molar-refractivity contribution in [2.75, 3.05) is 40.0 Å². The first-order chi connectivity index (χ1) is 21.2. The lowest BCUT2D eigenvalue weighted by Gasteiger charge is -2.29. The van der Waals surface area contributed by atoms with Crippen molar-refractivity contribution >= 4 is 12.2 Å². The van der Waals surface area contributed by atoms with E-state index in [0.717, 1.165) is 11.1 Å². The van der Waals surface area contributed by atoms with Gasteiger partial charge in [-0.3, -0.25) is 0 Å². The van der Waals surface area contributed by atoms with E-state index in [-0.39, 0.29) is 26.1 Å². The van der Waals surface area contributed by atoms with Crippen LogP contribution < -0.4 is 20.7 Å². The van der Waals surface area contributed by atoms with Crippen LogP contribution in [-0.2, 0) is 27.1 Å². The van der Waals surface area contributed by atoms with Crippen LogP contribution in [0.15, 0.2) is 54.6 Å². The zero-order valence-electron chi connectivity index (χ0n) is 27.2. The fraction of sp³-hybridized carbons (Fsp3) is 0.576. The third-order valence-corrected chi connectivity index (χ3v) is 6.62. The Morgan fingerprint density at radius 3 is 1.76 bits per heavy atom. The number of ether oxygens (including phenoxy) is 4. The molecular formula is C33H51N3O9. The molecule has 1 unspecified atom stereocenters. The average Bonchev–Trinajstić information content (AvgIpc) is 2.96. The van der Waals surface area contributed by atoms with Crippen molar-refractivity contribution in [1.82, 2.24) is 16.0 Å². The highest BCUT2D eigenvalue weighted by Gasteiger charge is 2.28. The molecule has 2 rings (SSSR count). The van der Waals surface area contributed by atoms with Crippen LogP contribution in [0.25, 0.3) is 0 Å². The monoisotopic (exact) mass is 633 g/mol. The highest BCUT2D eigenvalue weighted by Crippen LogP contribution is 2.16. The summed E-state index contributed by atoms with van der Waals surface area (Å²) >= 11 is 0. The molecule has 0 aromatic heterocycles. The van der Waals surface area contributed by atoms with Crippen molar-refractivity contribution in [3.05, 3.63) is 65.7 Å². The minimum absolute atomic E-state index is 0.00804. The van der Waals surface area contributed by atoms with Gasteiger partial charge in [-0.05, 0) is 70.7 Å². The fourth-order valence-corrected chi connectivity index (χ4v) is 4.24. The quantitative estimate of drug-likeness (QED) is 0.134. The number of methoxy groups -OCH3 is 1. The van der Waals surface area contributed by atoms with Gasteiger partial charge in [-0.15, -0.1) is 0 Å². The molecule has 2 amide bonds. The predicted molar refractivity (Wildman–Crippen MR) is 170 cm³/mol. The number of amides is 2. The summed E-state index contributed by atoms with van der Waals surface area (Å²) in [5.74, 6) is 0.658. The van der Waals surface area contributed by atoms with E-state index in [1.807, 2.05) is 42.5 Å². The number of carbonyl (C=O) groups excluding carboxylic acids is 2. The second-order valence-electron chi connectivity index (χ2n) is 12.5. The molecule has 0 spiro atoms. The minimum atomic E-state index is -1.11. The van der Waals surface area contributed by atoms with Crippen molar-refractivity contribution in [3.63, 3.8) is 0 Å². The number of carbonyl (C=O) groups is 2. The molecule has 0 radical (unpaired) electrons. The van der Waals surface area contributed by atoms with Gasteiger partial charge in [0, 0.05) is 20.2 Å². The molecule has 0 bridgehead atoms. The number of aliphatic hydroxyl groups excluding tert-OH is 3. The van der Waals surface area contributed by atoms with Crippen molar-refractivity contribution < 1.29 is 43.9 Å². The molecule has 0 fully saturated rings. The van der Waals surface area contributed by atoms with E-state index in [2.05, 4.69) is 16.0 Å². The Morgan fingerprint density at radius 1 is 0.756 bits per heavy atom. The Morgan fingerprint density at radius 2 is 1.27 bits per heavy atom. The molecule has 0 saturated heterocycles. The predicted octanol–water partition coefficient (Wildman–Crippen LogP) is 2.57. The molecule has 6 N–H and O–H groups in total. The van der Waals surface area contributed by atoms with Gasteiger partial charge >= 0.3 is 12.2 Å². The van der Waals surface area contributed by atoms with Crippen molar-refractivity contribution in [2.24, 2.45) is 0 Å². The number of alkyl carbamates (subject to hydrolysis) is 2. The van der Waals surface area contributed by atoms with Crippen LogP contribution in [0.2, 0.25) is 0 Å². The van der Waals surface area contributed by atoms with Crippen molar-refractivity contribution in [3.8, 4) is 5.75 Å². The molecule has 0 aliphatic heterocycles. The van der Waals surface area contributed by atoms with Gasteiger partial charge in [0.05, 0.1) is 37.5 Å². The van der Waals surface area contributed by atoms with E-state index in [0.29, 0.717) is 25.4 Å². The van der Waals surface area contributed by atoms with E-state index in [4.69, 9.17) is 18.9 Å². The van der Waals surface area contributed by atoms with Gasteiger partial charge < -0.3 is 50.2 Å². The molecule has 12 nitrogen and oxygen atoms in total. The molecule has 12 heteroatoms. The van der Waals surface area contributed by atoms with E-state index in [1.54, 1.807) is 53.9 Å². The van der Waals surface area contributed by atoms with Gasteiger partial charge in [-0.25, -0.2) is 9.59 Å². The van der Waals surface area contributed by atoms with Crippen LogP contribution in [0.5, 0.6) is 5.75 Å². The smallest absolute Gasteiger partial charge is 0.408 e. The lowest BCUT2D eigenvalue weighted by atomic mass is 10.00. The third-order valence-electron chi connectivity index (χ3n) is 6.62. The maximum atomic E-state index is 12.7. The Kier molecular flexibility index (Phi) is 15.5. The minimum Gasteiger partial charge on any atom is -0.491 e. The number of rotatable bonds is 18. The highest BCUT2D eigenvalue weighted by atomic mass is 16.6. The second-order valence-corrected chi connectivity index (χ2v) is 12.5. The highest BCUT2D eigenvalue weighted by molar-refractivity contribution is 5.68. The number of hydrogen-bond acceptors (Lipinski definition) is 10. The standard InChI is InChI=1S/C33H51N3O9/c1-32(2,3)44-30(40)35-26(18-23-10-8-7-9-11-23)28(38)20-34-21-29(39)27(36-31(41)45-33(4,5)22-37)19-24-12-14-25(15-13-24)43-17-16-42-6/h7-15,26-29,34,37-39H,16-22H2,1-6H3,(H,35,40)(H,36,41)/t26-,27+,28?,29+/m1/s1. The van der Waals surface area contributed by atoms with E-state index in [9.17, 15) is 24.9 Å². The van der Waals surface area contributed by atoms with E-state index in [1.165, 1.54) is 0 Å². The van der Waals surface area contributed by atoms with Gasteiger partial charge in [0.15, 0.2) is 0 Å². The summed E-state index contributed by atoms with van der Waals surface area (Å²) < 4.78 is 21.3. The van der Waals surface area contributed by atoms with Crippen LogP contribution in [-0.4, -0.2) is 103 Å². The fourth-order valence-electron chi connectivity index (χ4n) is 4.24. The van der Waals surface area contributed by atoms with Crippen molar-refractivity contribution in [2.45, 2.75) is 83.0 Å². The van der Waals surface area contributed by atoms with Gasteiger partial charge in [0.2, 0.25) is 0 Å². The Bertz CT molecular complexity index is 1140. The van der Waals surface area contributed by atoms with Crippen LogP contribution in [0, 0.1) is 0 Å². The zero-order valence-corrected chi connectivity index (χ0v) is 27.2. The molecule has 45 heavy (non-hydrogen) atoms. The molecule has 0 aliphatic carbocycles. The van der Waals surface area contributed by atoms with Gasteiger partial charge in [-0.1, -0.05) is 42.5 Å². The van der Waals surface area contributed by atoms with Crippen LogP contribution in [0.1, 0.15) is 45.7 Å². The molecule has 2 aromatic carbocycles. The summed E-state index contributed by atoms with van der Waals surface area (Å²) in [6, 6.07) is 15.2. The first-order valence-corrected chi connectivity index (χ1v) is 15.1. The Hall–Kier alpha value is -3.42. The van der Waals surface area contributed by atoms with Gasteiger partial charge in [0.25, 0.3) is 0 Å². The van der Waals surface area contributed by atoms with Crippen LogP contribution in [0.3, 0.4) is 0 Å². The molecule has 0 aliphatic rings. The third kappa shape index (κ3) is 15.4.